The lowest BCUT2D eigenvalue weighted by Gasteiger charge is -2.03. The van der Waals surface area contributed by atoms with Gasteiger partial charge in [-0.1, -0.05) is 30.3 Å². The molecule has 0 radical (unpaired) electrons. The number of rotatable bonds is 2. The fourth-order valence-electron chi connectivity index (χ4n) is 1.82. The van der Waals surface area contributed by atoms with Crippen molar-refractivity contribution in [3.8, 4) is 11.1 Å². The molecule has 84 valence electrons. The molecule has 0 saturated heterocycles. The maximum Gasteiger partial charge on any atom is 0.233 e. The standard InChI is InChI=1S/C13H11N3O/c17-9-12-7-15-13-14-6-11(8-16(12)13)10-4-2-1-3-5-10/h1-8,17H,9H2. The van der Waals surface area contributed by atoms with Crippen molar-refractivity contribution in [3.63, 3.8) is 0 Å². The van der Waals surface area contributed by atoms with Crippen LogP contribution in [0.5, 0.6) is 0 Å². The van der Waals surface area contributed by atoms with Crippen LogP contribution in [0.4, 0.5) is 0 Å². The molecule has 2 heterocycles. The number of hydrogen-bond donors (Lipinski definition) is 1. The van der Waals surface area contributed by atoms with Gasteiger partial charge in [-0.25, -0.2) is 9.97 Å². The van der Waals surface area contributed by atoms with E-state index in [1.807, 2.05) is 40.9 Å². The number of fused-ring (bicyclic) bond motifs is 1. The third-order valence-electron chi connectivity index (χ3n) is 2.71. The van der Waals surface area contributed by atoms with Gasteiger partial charge in [0.05, 0.1) is 18.5 Å². The number of aliphatic hydroxyl groups is 1. The molecule has 4 nitrogen and oxygen atoms in total. The molecule has 0 unspecified atom stereocenters. The minimum atomic E-state index is -0.0406. The van der Waals surface area contributed by atoms with Crippen molar-refractivity contribution in [3.05, 3.63) is 54.6 Å². The van der Waals surface area contributed by atoms with Crippen molar-refractivity contribution in [1.82, 2.24) is 14.4 Å². The van der Waals surface area contributed by atoms with Crippen molar-refractivity contribution in [2.24, 2.45) is 0 Å². The number of benzene rings is 1. The van der Waals surface area contributed by atoms with Crippen molar-refractivity contribution >= 4 is 5.78 Å². The maximum absolute atomic E-state index is 9.20. The van der Waals surface area contributed by atoms with Crippen LogP contribution < -0.4 is 0 Å². The highest BCUT2D eigenvalue weighted by molar-refractivity contribution is 5.62. The van der Waals surface area contributed by atoms with Gasteiger partial charge in [0.2, 0.25) is 5.78 Å². The summed E-state index contributed by atoms with van der Waals surface area (Å²) in [4.78, 5) is 8.38. The first-order chi connectivity index (χ1) is 8.38. The summed E-state index contributed by atoms with van der Waals surface area (Å²) in [6.45, 7) is -0.0406. The Kier molecular flexibility index (Phi) is 2.34. The zero-order valence-corrected chi connectivity index (χ0v) is 9.11. The third-order valence-corrected chi connectivity index (χ3v) is 2.71. The average Bonchev–Trinajstić information content (AvgIpc) is 2.81. The third kappa shape index (κ3) is 1.68. The first-order valence-electron chi connectivity index (χ1n) is 5.37. The van der Waals surface area contributed by atoms with Gasteiger partial charge in [0.1, 0.15) is 0 Å². The highest BCUT2D eigenvalue weighted by Crippen LogP contribution is 2.18. The van der Waals surface area contributed by atoms with E-state index in [0.717, 1.165) is 16.8 Å². The minimum absolute atomic E-state index is 0.0406. The molecule has 0 fully saturated rings. The molecule has 0 atom stereocenters. The van der Waals surface area contributed by atoms with Crippen LogP contribution in [0.2, 0.25) is 0 Å². The predicted molar refractivity (Wildman–Crippen MR) is 64.3 cm³/mol. The van der Waals surface area contributed by atoms with Crippen molar-refractivity contribution in [1.29, 1.82) is 0 Å². The van der Waals surface area contributed by atoms with Gasteiger partial charge in [0, 0.05) is 18.0 Å². The molecule has 0 spiro atoms. The van der Waals surface area contributed by atoms with Gasteiger partial charge in [-0.2, -0.15) is 0 Å². The second-order valence-corrected chi connectivity index (χ2v) is 3.79. The smallest absolute Gasteiger partial charge is 0.233 e. The quantitative estimate of drug-likeness (QED) is 0.724. The highest BCUT2D eigenvalue weighted by Gasteiger charge is 2.05. The Balaban J connectivity index is 2.19. The lowest BCUT2D eigenvalue weighted by atomic mass is 10.1. The van der Waals surface area contributed by atoms with Crippen molar-refractivity contribution < 1.29 is 5.11 Å². The Bertz CT molecular complexity index is 646. The van der Waals surface area contributed by atoms with Gasteiger partial charge in [0.15, 0.2) is 0 Å². The highest BCUT2D eigenvalue weighted by atomic mass is 16.3. The van der Waals surface area contributed by atoms with E-state index >= 15 is 0 Å². The predicted octanol–water partition coefficient (Wildman–Crippen LogP) is 1.89. The molecule has 0 aliphatic rings. The van der Waals surface area contributed by atoms with Crippen LogP contribution in [0, 0.1) is 0 Å². The summed E-state index contributed by atoms with van der Waals surface area (Å²) in [5, 5.41) is 9.20. The molecular formula is C13H11N3O. The summed E-state index contributed by atoms with van der Waals surface area (Å²) in [5.74, 6) is 0.605. The number of nitrogens with zero attached hydrogens (tertiary/aromatic N) is 3. The normalized spacial score (nSPS) is 10.9. The van der Waals surface area contributed by atoms with Gasteiger partial charge in [-0.05, 0) is 5.56 Å². The van der Waals surface area contributed by atoms with Crippen molar-refractivity contribution in [2.75, 3.05) is 0 Å². The maximum atomic E-state index is 9.20. The van der Waals surface area contributed by atoms with Crippen LogP contribution in [-0.2, 0) is 6.61 Å². The first-order valence-corrected chi connectivity index (χ1v) is 5.37. The van der Waals surface area contributed by atoms with Crippen LogP contribution in [0.25, 0.3) is 16.9 Å². The van der Waals surface area contributed by atoms with Crippen LogP contribution in [0.3, 0.4) is 0 Å². The fraction of sp³-hybridized carbons (Fsp3) is 0.0769. The number of hydrogen-bond acceptors (Lipinski definition) is 3. The molecule has 1 N–H and O–H groups in total. The molecular weight excluding hydrogens is 214 g/mol. The molecule has 17 heavy (non-hydrogen) atoms. The zero-order chi connectivity index (χ0) is 11.7. The van der Waals surface area contributed by atoms with E-state index in [-0.39, 0.29) is 6.61 Å². The van der Waals surface area contributed by atoms with E-state index in [1.165, 1.54) is 0 Å². The Morgan fingerprint density at radius 3 is 2.53 bits per heavy atom. The minimum Gasteiger partial charge on any atom is -0.390 e. The van der Waals surface area contributed by atoms with Crippen LogP contribution >= 0.6 is 0 Å². The lowest BCUT2D eigenvalue weighted by Crippen LogP contribution is -1.95. The summed E-state index contributed by atoms with van der Waals surface area (Å²) in [5.41, 5.74) is 2.84. The Labute approximate surface area is 98.2 Å². The Hall–Kier alpha value is -2.20. The molecule has 0 aliphatic heterocycles. The molecule has 3 aromatic rings. The van der Waals surface area contributed by atoms with Gasteiger partial charge in [-0.3, -0.25) is 4.40 Å². The summed E-state index contributed by atoms with van der Waals surface area (Å²) >= 11 is 0. The van der Waals surface area contributed by atoms with Gasteiger partial charge in [0.25, 0.3) is 0 Å². The molecule has 0 amide bonds. The largest absolute Gasteiger partial charge is 0.390 e. The van der Waals surface area contributed by atoms with E-state index in [0.29, 0.717) is 5.78 Å². The molecule has 3 rings (SSSR count). The first kappa shape index (κ1) is 9.99. The van der Waals surface area contributed by atoms with E-state index in [1.54, 1.807) is 12.4 Å². The lowest BCUT2D eigenvalue weighted by molar-refractivity contribution is 0.276. The second kappa shape index (κ2) is 3.99. The second-order valence-electron chi connectivity index (χ2n) is 3.79. The van der Waals surface area contributed by atoms with E-state index < -0.39 is 0 Å². The number of aliphatic hydroxyl groups excluding tert-OH is 1. The molecule has 0 saturated carbocycles. The molecule has 4 heteroatoms. The van der Waals surface area contributed by atoms with Crippen molar-refractivity contribution in [2.45, 2.75) is 6.61 Å². The zero-order valence-electron chi connectivity index (χ0n) is 9.11. The molecule has 0 bridgehead atoms. The molecule has 2 aromatic heterocycles. The van der Waals surface area contributed by atoms with Crippen LogP contribution in [0.15, 0.2) is 48.9 Å². The van der Waals surface area contributed by atoms with Gasteiger partial charge in [-0.15, -0.1) is 0 Å². The monoisotopic (exact) mass is 225 g/mol. The summed E-state index contributed by atoms with van der Waals surface area (Å²) < 4.78 is 1.81. The summed E-state index contributed by atoms with van der Waals surface area (Å²) in [6.07, 6.45) is 5.37. The Morgan fingerprint density at radius 2 is 1.76 bits per heavy atom. The summed E-state index contributed by atoms with van der Waals surface area (Å²) in [6, 6.07) is 10.0. The SMILES string of the molecule is OCc1cnc2ncc(-c3ccccc3)cn12. The molecule has 1 aromatic carbocycles. The van der Waals surface area contributed by atoms with Crippen LogP contribution in [-0.4, -0.2) is 19.5 Å². The molecule has 0 aliphatic carbocycles. The van der Waals surface area contributed by atoms with Gasteiger partial charge < -0.3 is 5.11 Å². The van der Waals surface area contributed by atoms with E-state index in [9.17, 15) is 5.11 Å². The Morgan fingerprint density at radius 1 is 1.00 bits per heavy atom. The van der Waals surface area contributed by atoms with E-state index in [2.05, 4.69) is 9.97 Å². The average molecular weight is 225 g/mol. The van der Waals surface area contributed by atoms with E-state index in [4.69, 9.17) is 0 Å². The van der Waals surface area contributed by atoms with Crippen LogP contribution in [0.1, 0.15) is 5.69 Å². The fourth-order valence-corrected chi connectivity index (χ4v) is 1.82. The summed E-state index contributed by atoms with van der Waals surface area (Å²) in [7, 11) is 0. The number of imidazole rings is 1. The van der Waals surface area contributed by atoms with Gasteiger partial charge >= 0.3 is 0 Å². The number of aromatic nitrogens is 3. The topological polar surface area (TPSA) is 50.4 Å².